The van der Waals surface area contributed by atoms with E-state index in [0.717, 1.165) is 13.1 Å². The second-order valence-corrected chi connectivity index (χ2v) is 4.18. The van der Waals surface area contributed by atoms with Crippen molar-refractivity contribution in [1.82, 2.24) is 20.4 Å². The van der Waals surface area contributed by atoms with E-state index < -0.39 is 0 Å². The van der Waals surface area contributed by atoms with Crippen molar-refractivity contribution >= 4 is 5.97 Å². The van der Waals surface area contributed by atoms with Crippen LogP contribution >= 0.6 is 0 Å². The van der Waals surface area contributed by atoms with Crippen LogP contribution in [0.25, 0.3) is 0 Å². The van der Waals surface area contributed by atoms with Gasteiger partial charge in [-0.05, 0) is 13.8 Å². The van der Waals surface area contributed by atoms with Crippen molar-refractivity contribution in [2.24, 2.45) is 0 Å². The number of carbonyl (C=O) groups excluding carboxylic acids is 1. The standard InChI is InChI=1S/C11H18N4O3/c1-3-17-11(16)9-6-12-4-5-15(9)7-10-13-8(2)14-18-10/h9,12H,3-7H2,1-2H3. The number of ether oxygens (including phenoxy) is 1. The fraction of sp³-hybridized carbons (Fsp3) is 0.727. The molecule has 2 rings (SSSR count). The quantitative estimate of drug-likeness (QED) is 0.740. The van der Waals surface area contributed by atoms with Gasteiger partial charge in [0.25, 0.3) is 0 Å². The van der Waals surface area contributed by atoms with E-state index in [9.17, 15) is 4.79 Å². The van der Waals surface area contributed by atoms with Gasteiger partial charge in [-0.1, -0.05) is 5.16 Å². The average molecular weight is 254 g/mol. The monoisotopic (exact) mass is 254 g/mol. The van der Waals surface area contributed by atoms with Gasteiger partial charge in [-0.25, -0.2) is 0 Å². The molecule has 1 aliphatic heterocycles. The minimum absolute atomic E-state index is 0.207. The summed E-state index contributed by atoms with van der Waals surface area (Å²) in [6.45, 7) is 6.63. The molecule has 0 radical (unpaired) electrons. The lowest BCUT2D eigenvalue weighted by molar-refractivity contribution is -0.150. The van der Waals surface area contributed by atoms with Crippen molar-refractivity contribution in [3.8, 4) is 0 Å². The Balaban J connectivity index is 2.01. The number of nitrogens with one attached hydrogen (secondary N) is 1. The first kappa shape index (κ1) is 13.0. The van der Waals surface area contributed by atoms with E-state index in [0.29, 0.717) is 31.4 Å². The lowest BCUT2D eigenvalue weighted by Crippen LogP contribution is -2.54. The molecular formula is C11H18N4O3. The molecule has 1 unspecified atom stereocenters. The van der Waals surface area contributed by atoms with Crippen LogP contribution in [-0.2, 0) is 16.1 Å². The minimum Gasteiger partial charge on any atom is -0.465 e. The molecule has 0 aliphatic carbocycles. The minimum atomic E-state index is -0.286. The third-order valence-electron chi connectivity index (χ3n) is 2.82. The Morgan fingerprint density at radius 2 is 2.50 bits per heavy atom. The first-order chi connectivity index (χ1) is 8.70. The molecule has 7 nitrogen and oxygen atoms in total. The molecule has 0 bridgehead atoms. The Labute approximate surface area is 105 Å². The number of carbonyl (C=O) groups is 1. The number of nitrogens with zero attached hydrogens (tertiary/aromatic N) is 3. The highest BCUT2D eigenvalue weighted by atomic mass is 16.5. The fourth-order valence-electron chi connectivity index (χ4n) is 1.98. The van der Waals surface area contributed by atoms with E-state index in [-0.39, 0.29) is 12.0 Å². The summed E-state index contributed by atoms with van der Waals surface area (Å²) >= 11 is 0. The number of aryl methyl sites for hydroxylation is 1. The normalized spacial score (nSPS) is 20.9. The molecule has 0 saturated carbocycles. The summed E-state index contributed by atoms with van der Waals surface area (Å²) in [4.78, 5) is 18.0. The van der Waals surface area contributed by atoms with Crippen LogP contribution in [0.4, 0.5) is 0 Å². The number of esters is 1. The van der Waals surface area contributed by atoms with Crippen molar-refractivity contribution in [3.63, 3.8) is 0 Å². The molecule has 1 aromatic heterocycles. The van der Waals surface area contributed by atoms with Crippen LogP contribution in [0.15, 0.2) is 4.52 Å². The maximum Gasteiger partial charge on any atom is 0.324 e. The van der Waals surface area contributed by atoms with E-state index in [1.807, 2.05) is 4.90 Å². The molecule has 100 valence electrons. The van der Waals surface area contributed by atoms with Crippen LogP contribution in [0.5, 0.6) is 0 Å². The number of aromatic nitrogens is 2. The van der Waals surface area contributed by atoms with Gasteiger partial charge >= 0.3 is 5.97 Å². The number of rotatable bonds is 4. The molecule has 1 atom stereocenters. The van der Waals surface area contributed by atoms with Crippen molar-refractivity contribution < 1.29 is 14.1 Å². The molecule has 2 heterocycles. The van der Waals surface area contributed by atoms with Gasteiger partial charge < -0.3 is 14.6 Å². The Morgan fingerprint density at radius 3 is 3.17 bits per heavy atom. The average Bonchev–Trinajstić information content (AvgIpc) is 2.76. The lowest BCUT2D eigenvalue weighted by atomic mass is 10.2. The van der Waals surface area contributed by atoms with Gasteiger partial charge in [-0.3, -0.25) is 9.69 Å². The number of piperazine rings is 1. The first-order valence-electron chi connectivity index (χ1n) is 6.11. The smallest absolute Gasteiger partial charge is 0.324 e. The van der Waals surface area contributed by atoms with E-state index in [4.69, 9.17) is 9.26 Å². The second-order valence-electron chi connectivity index (χ2n) is 4.18. The van der Waals surface area contributed by atoms with Gasteiger partial charge in [0.05, 0.1) is 13.2 Å². The van der Waals surface area contributed by atoms with Crippen LogP contribution in [0.3, 0.4) is 0 Å². The van der Waals surface area contributed by atoms with Crippen molar-refractivity contribution in [2.45, 2.75) is 26.4 Å². The summed E-state index contributed by atoms with van der Waals surface area (Å²) in [6, 6.07) is -0.286. The van der Waals surface area contributed by atoms with Crippen LogP contribution in [0.1, 0.15) is 18.6 Å². The summed E-state index contributed by atoms with van der Waals surface area (Å²) in [6.07, 6.45) is 0. The van der Waals surface area contributed by atoms with Gasteiger partial charge in [0.15, 0.2) is 5.82 Å². The fourth-order valence-corrected chi connectivity index (χ4v) is 1.98. The van der Waals surface area contributed by atoms with Crippen molar-refractivity contribution in [2.75, 3.05) is 26.2 Å². The van der Waals surface area contributed by atoms with Crippen molar-refractivity contribution in [1.29, 1.82) is 0 Å². The summed E-state index contributed by atoms with van der Waals surface area (Å²) in [5.74, 6) is 0.928. The van der Waals surface area contributed by atoms with Gasteiger partial charge in [0.2, 0.25) is 5.89 Å². The number of hydrogen-bond donors (Lipinski definition) is 1. The molecule has 0 amide bonds. The SMILES string of the molecule is CCOC(=O)C1CNCCN1Cc1nc(C)no1. The van der Waals surface area contributed by atoms with Crippen LogP contribution in [-0.4, -0.2) is 53.3 Å². The summed E-state index contributed by atoms with van der Waals surface area (Å²) in [5, 5.41) is 6.93. The largest absolute Gasteiger partial charge is 0.465 e. The zero-order valence-corrected chi connectivity index (χ0v) is 10.7. The maximum atomic E-state index is 11.8. The molecule has 7 heteroatoms. The molecule has 18 heavy (non-hydrogen) atoms. The second kappa shape index (κ2) is 5.92. The maximum absolute atomic E-state index is 11.8. The Morgan fingerprint density at radius 1 is 1.67 bits per heavy atom. The molecule has 1 N–H and O–H groups in total. The molecular weight excluding hydrogens is 236 g/mol. The molecule has 1 aliphatic rings. The molecule has 1 fully saturated rings. The molecule has 1 aromatic rings. The Hall–Kier alpha value is -1.47. The topological polar surface area (TPSA) is 80.5 Å². The molecule has 0 spiro atoms. The highest BCUT2D eigenvalue weighted by Gasteiger charge is 2.30. The predicted molar refractivity (Wildman–Crippen MR) is 62.7 cm³/mol. The molecule has 0 aromatic carbocycles. The van der Waals surface area contributed by atoms with Gasteiger partial charge in [-0.15, -0.1) is 0 Å². The van der Waals surface area contributed by atoms with E-state index >= 15 is 0 Å². The highest BCUT2D eigenvalue weighted by molar-refractivity contribution is 5.76. The third-order valence-corrected chi connectivity index (χ3v) is 2.82. The summed E-state index contributed by atoms with van der Waals surface area (Å²) in [7, 11) is 0. The Kier molecular flexibility index (Phi) is 4.27. The van der Waals surface area contributed by atoms with E-state index in [1.54, 1.807) is 13.8 Å². The summed E-state index contributed by atoms with van der Waals surface area (Å²) in [5.41, 5.74) is 0. The van der Waals surface area contributed by atoms with E-state index in [1.165, 1.54) is 0 Å². The highest BCUT2D eigenvalue weighted by Crippen LogP contribution is 2.10. The number of hydrogen-bond acceptors (Lipinski definition) is 7. The van der Waals surface area contributed by atoms with E-state index in [2.05, 4.69) is 15.5 Å². The van der Waals surface area contributed by atoms with Crippen molar-refractivity contribution in [3.05, 3.63) is 11.7 Å². The Bertz CT molecular complexity index is 407. The van der Waals surface area contributed by atoms with Crippen LogP contribution < -0.4 is 5.32 Å². The first-order valence-corrected chi connectivity index (χ1v) is 6.11. The lowest BCUT2D eigenvalue weighted by Gasteiger charge is -2.33. The third kappa shape index (κ3) is 3.05. The van der Waals surface area contributed by atoms with Gasteiger partial charge in [0, 0.05) is 19.6 Å². The van der Waals surface area contributed by atoms with Crippen LogP contribution in [0, 0.1) is 6.92 Å². The zero-order valence-electron chi connectivity index (χ0n) is 10.7. The van der Waals surface area contributed by atoms with Crippen LogP contribution in [0.2, 0.25) is 0 Å². The van der Waals surface area contributed by atoms with Gasteiger partial charge in [0.1, 0.15) is 6.04 Å². The predicted octanol–water partition coefficient (Wildman–Crippen LogP) is -0.285. The molecule has 1 saturated heterocycles. The van der Waals surface area contributed by atoms with Gasteiger partial charge in [-0.2, -0.15) is 4.98 Å². The summed E-state index contributed by atoms with van der Waals surface area (Å²) < 4.78 is 10.1. The zero-order chi connectivity index (χ0) is 13.0.